The molecular weight excluding hydrogens is 909 g/mol. The number of carbonyl (C=O) groups is 9. The molecule has 69 heavy (non-hydrogen) atoms. The highest BCUT2D eigenvalue weighted by Gasteiger charge is 2.58. The first kappa shape index (κ1) is 59.1. The van der Waals surface area contributed by atoms with E-state index >= 15 is 0 Å². The van der Waals surface area contributed by atoms with Crippen LogP contribution in [-0.4, -0.2) is 176 Å². The summed E-state index contributed by atoms with van der Waals surface area (Å²) in [5.41, 5.74) is 0. The molecule has 2 fully saturated rings. The molecule has 388 valence electrons. The number of hydrogen-bond donors (Lipinski definition) is 1. The number of urea groups is 2. The fourth-order valence-electron chi connectivity index (χ4n) is 7.14. The van der Waals surface area contributed by atoms with Crippen LogP contribution in [-0.2, 0) is 71.5 Å². The van der Waals surface area contributed by atoms with Gasteiger partial charge in [0.2, 0.25) is 0 Å². The van der Waals surface area contributed by atoms with Crippen LogP contribution in [0.1, 0.15) is 110 Å². The smallest absolute Gasteiger partial charge is 0.330 e. The zero-order valence-corrected chi connectivity index (χ0v) is 40.1. The second-order valence-electron chi connectivity index (χ2n) is 15.9. The highest BCUT2D eigenvalue weighted by atomic mass is 16.6. The molecule has 0 saturated carbocycles. The fourth-order valence-corrected chi connectivity index (χ4v) is 7.14. The molecule has 1 N–H and O–H groups in total. The predicted molar refractivity (Wildman–Crippen MR) is 244 cm³/mol. The second-order valence-corrected chi connectivity index (χ2v) is 15.9. The maximum absolute atomic E-state index is 14.3. The van der Waals surface area contributed by atoms with Gasteiger partial charge in [0, 0.05) is 44.8 Å². The summed E-state index contributed by atoms with van der Waals surface area (Å²) < 4.78 is 41.9. The van der Waals surface area contributed by atoms with Gasteiger partial charge in [0.15, 0.2) is 6.29 Å². The van der Waals surface area contributed by atoms with Crippen LogP contribution in [0.25, 0.3) is 0 Å². The Morgan fingerprint density at radius 1 is 0.464 bits per heavy atom. The number of fused-ring (bicyclic) bond motifs is 1. The van der Waals surface area contributed by atoms with Crippen molar-refractivity contribution in [2.75, 3.05) is 79.0 Å². The highest BCUT2D eigenvalue weighted by molar-refractivity contribution is 5.85. The van der Waals surface area contributed by atoms with Crippen molar-refractivity contribution >= 4 is 53.8 Å². The molecule has 3 unspecified atom stereocenters. The Morgan fingerprint density at radius 2 is 0.768 bits per heavy atom. The third-order valence-corrected chi connectivity index (χ3v) is 10.6. The van der Waals surface area contributed by atoms with Gasteiger partial charge in [0.05, 0.1) is 52.6 Å². The van der Waals surface area contributed by atoms with E-state index in [1.165, 1.54) is 32.6 Å². The number of hydrogen-bond acceptors (Lipinski definition) is 18. The van der Waals surface area contributed by atoms with Crippen molar-refractivity contribution in [3.05, 3.63) is 38.0 Å². The van der Waals surface area contributed by atoms with Crippen molar-refractivity contribution in [2.45, 2.75) is 128 Å². The standard InChI is InChI=1S/C47H72N4O18/c1-5-37(53)63-29-17-9-13-21-41(57)67-33-25-49-44-45(51(47(49)61)27-35-69-43(59)23-15-11-19-31-65-39(55)7-3)50(26-34-68-42(58)22-14-10-18-30-64-38(54)6-2)46(60)48(44)24-32-66-40(56)20-12-8-16-28-62-36(4)52/h5-7,37,44-45,53H,1-3,8-35H2,4H3. The molecule has 2 heterocycles. The Bertz CT molecular complexity index is 1690. The SMILES string of the molecule is C=CC(=O)OCCCCCC(=O)OCCN1C(=O)N(CCOC(=O)CCCCCOC(C)=O)C2C1N(CCOC(=O)CCCCCOC(=O)C=C)C(=O)N2CCOC(=O)CCCCCOC(O)C=C. The molecule has 4 amide bonds. The molecule has 0 aromatic carbocycles. The largest absolute Gasteiger partial charge is 0.466 e. The molecule has 0 aromatic rings. The van der Waals surface area contributed by atoms with E-state index in [-0.39, 0.29) is 105 Å². The summed E-state index contributed by atoms with van der Waals surface area (Å²) >= 11 is 0. The van der Waals surface area contributed by atoms with Gasteiger partial charge in [-0.25, -0.2) is 19.2 Å². The van der Waals surface area contributed by atoms with Gasteiger partial charge in [-0.1, -0.05) is 26.2 Å². The Morgan fingerprint density at radius 3 is 1.06 bits per heavy atom. The number of aliphatic hydroxyl groups excluding tert-OH is 1. The summed E-state index contributed by atoms with van der Waals surface area (Å²) in [6.45, 7) is 10.9. The Kier molecular flexibility index (Phi) is 30.1. The van der Waals surface area contributed by atoms with Crippen LogP contribution in [0.5, 0.6) is 0 Å². The molecule has 0 spiro atoms. The molecule has 2 aliphatic heterocycles. The monoisotopic (exact) mass is 980 g/mol. The first-order valence-corrected chi connectivity index (χ1v) is 23.6. The predicted octanol–water partition coefficient (Wildman–Crippen LogP) is 4.07. The number of nitrogens with zero attached hydrogens (tertiary/aromatic N) is 4. The summed E-state index contributed by atoms with van der Waals surface area (Å²) in [4.78, 5) is 118. The number of unbranched alkanes of at least 4 members (excludes halogenated alkanes) is 8. The van der Waals surface area contributed by atoms with Crippen molar-refractivity contribution in [1.82, 2.24) is 19.6 Å². The zero-order valence-electron chi connectivity index (χ0n) is 40.1. The maximum atomic E-state index is 14.3. The van der Waals surface area contributed by atoms with Crippen LogP contribution in [0.4, 0.5) is 9.59 Å². The first-order valence-electron chi connectivity index (χ1n) is 23.6. The summed E-state index contributed by atoms with van der Waals surface area (Å²) in [6, 6.07) is -1.12. The zero-order chi connectivity index (χ0) is 50.8. The second kappa shape index (κ2) is 35.1. The maximum Gasteiger partial charge on any atom is 0.330 e. The molecule has 22 nitrogen and oxygen atoms in total. The van der Waals surface area contributed by atoms with Gasteiger partial charge < -0.3 is 43.0 Å². The third-order valence-electron chi connectivity index (χ3n) is 10.6. The van der Waals surface area contributed by atoms with E-state index < -0.39 is 72.5 Å². The number of esters is 7. The number of carbonyl (C=O) groups excluding carboxylic acids is 9. The molecule has 0 bridgehead atoms. The summed E-state index contributed by atoms with van der Waals surface area (Å²) in [5, 5.41) is 9.45. The lowest BCUT2D eigenvalue weighted by molar-refractivity contribution is -0.145. The van der Waals surface area contributed by atoms with Crippen LogP contribution < -0.4 is 0 Å². The topological polar surface area (TPSA) is 261 Å². The average molecular weight is 981 g/mol. The van der Waals surface area contributed by atoms with Crippen molar-refractivity contribution in [2.24, 2.45) is 0 Å². The van der Waals surface area contributed by atoms with Crippen molar-refractivity contribution < 1.29 is 86.2 Å². The van der Waals surface area contributed by atoms with E-state index in [0.717, 1.165) is 12.2 Å². The molecule has 0 radical (unpaired) electrons. The average Bonchev–Trinajstić information content (AvgIpc) is 3.74. The van der Waals surface area contributed by atoms with E-state index in [1.807, 2.05) is 0 Å². The fraction of sp³-hybridized carbons (Fsp3) is 0.681. The Balaban J connectivity index is 2.18. The van der Waals surface area contributed by atoms with Gasteiger partial charge in [0.1, 0.15) is 38.8 Å². The first-order chi connectivity index (χ1) is 33.2. The Hall–Kier alpha value is -6.03. The van der Waals surface area contributed by atoms with Crippen LogP contribution in [0.15, 0.2) is 38.0 Å². The molecule has 0 aliphatic carbocycles. The number of ether oxygens (including phenoxy) is 8. The van der Waals surface area contributed by atoms with Crippen molar-refractivity contribution in [3.63, 3.8) is 0 Å². The van der Waals surface area contributed by atoms with E-state index in [1.54, 1.807) is 0 Å². The van der Waals surface area contributed by atoms with Crippen LogP contribution in [0.2, 0.25) is 0 Å². The van der Waals surface area contributed by atoms with Gasteiger partial charge in [0.25, 0.3) is 0 Å². The number of aliphatic hydroxyl groups is 1. The summed E-state index contributed by atoms with van der Waals surface area (Å²) in [5.74, 6) is -3.54. The molecule has 3 atom stereocenters. The molecule has 22 heteroatoms. The molecule has 0 aromatic heterocycles. The van der Waals surface area contributed by atoms with Crippen molar-refractivity contribution in [3.8, 4) is 0 Å². The minimum atomic E-state index is -1.07. The quantitative estimate of drug-likeness (QED) is 0.0227. The van der Waals surface area contributed by atoms with Gasteiger partial charge >= 0.3 is 53.8 Å². The van der Waals surface area contributed by atoms with Crippen molar-refractivity contribution in [1.29, 1.82) is 0 Å². The van der Waals surface area contributed by atoms with E-state index in [0.29, 0.717) is 77.0 Å². The lowest BCUT2D eigenvalue weighted by Gasteiger charge is -2.29. The molecule has 2 aliphatic rings. The minimum Gasteiger partial charge on any atom is -0.466 e. The molecule has 2 saturated heterocycles. The third kappa shape index (κ3) is 24.2. The van der Waals surface area contributed by atoms with Gasteiger partial charge in [-0.3, -0.25) is 43.6 Å². The highest BCUT2D eigenvalue weighted by Crippen LogP contribution is 2.35. The van der Waals surface area contributed by atoms with Crippen LogP contribution >= 0.6 is 0 Å². The van der Waals surface area contributed by atoms with Crippen LogP contribution in [0.3, 0.4) is 0 Å². The van der Waals surface area contributed by atoms with E-state index in [4.69, 9.17) is 37.9 Å². The van der Waals surface area contributed by atoms with Gasteiger partial charge in [-0.2, -0.15) is 0 Å². The summed E-state index contributed by atoms with van der Waals surface area (Å²) in [6.07, 6.45) is 7.14. The number of amides is 4. The normalized spacial score (nSPS) is 15.5. The Labute approximate surface area is 404 Å². The molecule has 2 rings (SSSR count). The lowest BCUT2D eigenvalue weighted by atomic mass is 10.2. The van der Waals surface area contributed by atoms with Crippen LogP contribution in [0, 0.1) is 0 Å². The lowest BCUT2D eigenvalue weighted by Crippen LogP contribution is -2.49. The van der Waals surface area contributed by atoms with Gasteiger partial charge in [-0.15, -0.1) is 0 Å². The van der Waals surface area contributed by atoms with E-state index in [9.17, 15) is 48.3 Å². The van der Waals surface area contributed by atoms with Gasteiger partial charge in [-0.05, 0) is 76.7 Å². The molecular formula is C47H72N4O18. The van der Waals surface area contributed by atoms with E-state index in [2.05, 4.69) is 19.7 Å². The summed E-state index contributed by atoms with van der Waals surface area (Å²) in [7, 11) is 0. The number of rotatable bonds is 40. The minimum absolute atomic E-state index is 0.0681.